The summed E-state index contributed by atoms with van der Waals surface area (Å²) >= 11 is 0. The van der Waals surface area contributed by atoms with Gasteiger partial charge in [-0.05, 0) is 43.2 Å². The molecule has 0 unspecified atom stereocenters. The van der Waals surface area contributed by atoms with Crippen molar-refractivity contribution in [2.75, 3.05) is 43.5 Å². The lowest BCUT2D eigenvalue weighted by Crippen LogP contribution is -2.47. The Balaban J connectivity index is 1.38. The predicted molar refractivity (Wildman–Crippen MR) is 135 cm³/mol. The van der Waals surface area contributed by atoms with Crippen molar-refractivity contribution in [3.05, 3.63) is 66.3 Å². The largest absolute Gasteiger partial charge is 0.496 e. The van der Waals surface area contributed by atoms with E-state index < -0.39 is 0 Å². The van der Waals surface area contributed by atoms with E-state index in [0.29, 0.717) is 0 Å². The molecular formula is C26H30N6O. The van der Waals surface area contributed by atoms with Crippen LogP contribution in [0.1, 0.15) is 18.1 Å². The van der Waals surface area contributed by atoms with Crippen LogP contribution in [-0.4, -0.2) is 53.1 Å². The molecule has 1 fully saturated rings. The van der Waals surface area contributed by atoms with Crippen molar-refractivity contribution in [2.24, 2.45) is 0 Å². The van der Waals surface area contributed by atoms with Crippen LogP contribution in [0, 0.1) is 6.92 Å². The molecule has 3 heterocycles. The highest BCUT2D eigenvalue weighted by atomic mass is 16.5. The Morgan fingerprint density at radius 1 is 1.12 bits per heavy atom. The van der Waals surface area contributed by atoms with Crippen LogP contribution in [0.2, 0.25) is 0 Å². The molecule has 0 amide bonds. The van der Waals surface area contributed by atoms with Gasteiger partial charge in [0.05, 0.1) is 18.3 Å². The smallest absolute Gasteiger partial charge is 0.143 e. The fourth-order valence-corrected chi connectivity index (χ4v) is 4.56. The molecule has 1 saturated heterocycles. The van der Waals surface area contributed by atoms with E-state index in [0.717, 1.165) is 77.6 Å². The molecule has 0 saturated carbocycles. The van der Waals surface area contributed by atoms with Crippen LogP contribution in [0.4, 0.5) is 11.5 Å². The molecule has 5 rings (SSSR count). The van der Waals surface area contributed by atoms with Gasteiger partial charge in [-0.25, -0.2) is 9.97 Å². The number of anilines is 2. The van der Waals surface area contributed by atoms with E-state index in [1.807, 2.05) is 0 Å². The first-order valence-corrected chi connectivity index (χ1v) is 11.4. The predicted octanol–water partition coefficient (Wildman–Crippen LogP) is 4.70. The number of aromatic nitrogens is 3. The van der Waals surface area contributed by atoms with Gasteiger partial charge in [0.15, 0.2) is 0 Å². The molecule has 170 valence electrons. The minimum atomic E-state index is 0.859. The fourth-order valence-electron chi connectivity index (χ4n) is 4.56. The summed E-state index contributed by atoms with van der Waals surface area (Å²) in [5.74, 6) is 2.80. The maximum atomic E-state index is 5.65. The highest BCUT2D eigenvalue weighted by molar-refractivity contribution is 6.11. The summed E-state index contributed by atoms with van der Waals surface area (Å²) in [5, 5.41) is 5.59. The number of nitrogens with one attached hydrogen (secondary N) is 2. The van der Waals surface area contributed by atoms with Crippen molar-refractivity contribution in [1.29, 1.82) is 0 Å². The van der Waals surface area contributed by atoms with Crippen molar-refractivity contribution in [3.63, 3.8) is 0 Å². The van der Waals surface area contributed by atoms with Gasteiger partial charge in [-0.3, -0.25) is 0 Å². The molecule has 1 aliphatic rings. The SMILES string of the molecule is C=C(Nc1ccc(C)cc1)N1CCN(c2ncnc3[nH]c4cc(CC)c(OC)cc4c23)CC1. The number of hydrogen-bond donors (Lipinski definition) is 2. The van der Waals surface area contributed by atoms with E-state index in [9.17, 15) is 0 Å². The van der Waals surface area contributed by atoms with Gasteiger partial charge >= 0.3 is 0 Å². The molecule has 2 aromatic heterocycles. The molecular weight excluding hydrogens is 412 g/mol. The lowest BCUT2D eigenvalue weighted by atomic mass is 10.1. The highest BCUT2D eigenvalue weighted by Gasteiger charge is 2.23. The summed E-state index contributed by atoms with van der Waals surface area (Å²) in [6.07, 6.45) is 2.56. The van der Waals surface area contributed by atoms with Crippen molar-refractivity contribution in [3.8, 4) is 5.75 Å². The summed E-state index contributed by atoms with van der Waals surface area (Å²) in [6.45, 7) is 11.9. The first-order chi connectivity index (χ1) is 16.1. The average molecular weight is 443 g/mol. The Bertz CT molecular complexity index is 1300. The number of aromatic amines is 1. The Labute approximate surface area is 194 Å². The number of aryl methyl sites for hydroxylation is 2. The molecule has 7 heteroatoms. The van der Waals surface area contributed by atoms with Gasteiger partial charge in [0.1, 0.15) is 23.5 Å². The van der Waals surface area contributed by atoms with Crippen LogP contribution >= 0.6 is 0 Å². The van der Waals surface area contributed by atoms with Crippen molar-refractivity contribution in [1.82, 2.24) is 19.9 Å². The molecule has 1 aliphatic heterocycles. The van der Waals surface area contributed by atoms with Gasteiger partial charge in [-0.15, -0.1) is 0 Å². The van der Waals surface area contributed by atoms with Crippen LogP contribution in [0.3, 0.4) is 0 Å². The van der Waals surface area contributed by atoms with Crippen LogP contribution in [0.15, 0.2) is 55.1 Å². The quantitative estimate of drug-likeness (QED) is 0.451. The van der Waals surface area contributed by atoms with Gasteiger partial charge in [-0.2, -0.15) is 0 Å². The van der Waals surface area contributed by atoms with Gasteiger partial charge < -0.3 is 24.8 Å². The number of methoxy groups -OCH3 is 1. The molecule has 7 nitrogen and oxygen atoms in total. The summed E-state index contributed by atoms with van der Waals surface area (Å²) in [7, 11) is 1.73. The third-order valence-corrected chi connectivity index (χ3v) is 6.45. The van der Waals surface area contributed by atoms with Gasteiger partial charge in [0.25, 0.3) is 0 Å². The van der Waals surface area contributed by atoms with Crippen molar-refractivity contribution < 1.29 is 4.74 Å². The maximum Gasteiger partial charge on any atom is 0.143 e. The number of hydrogen-bond acceptors (Lipinski definition) is 6. The van der Waals surface area contributed by atoms with Gasteiger partial charge in [-0.1, -0.05) is 31.2 Å². The maximum absolute atomic E-state index is 5.65. The average Bonchev–Trinajstić information content (AvgIpc) is 3.22. The lowest BCUT2D eigenvalue weighted by Gasteiger charge is -2.37. The van der Waals surface area contributed by atoms with Crippen LogP contribution in [-0.2, 0) is 6.42 Å². The molecule has 0 spiro atoms. The minimum absolute atomic E-state index is 0.859. The first kappa shape index (κ1) is 21.1. The van der Waals surface area contributed by atoms with E-state index in [1.54, 1.807) is 13.4 Å². The van der Waals surface area contributed by atoms with E-state index in [2.05, 4.69) is 81.9 Å². The molecule has 0 bridgehead atoms. The first-order valence-electron chi connectivity index (χ1n) is 11.4. The monoisotopic (exact) mass is 442 g/mol. The van der Waals surface area contributed by atoms with Crippen LogP contribution < -0.4 is 15.0 Å². The van der Waals surface area contributed by atoms with Crippen LogP contribution in [0.5, 0.6) is 5.75 Å². The molecule has 4 aromatic rings. The van der Waals surface area contributed by atoms with E-state index in [4.69, 9.17) is 9.72 Å². The third-order valence-electron chi connectivity index (χ3n) is 6.45. The summed E-state index contributed by atoms with van der Waals surface area (Å²) in [6, 6.07) is 12.7. The zero-order chi connectivity index (χ0) is 22.9. The number of piperazine rings is 1. The Kier molecular flexibility index (Phi) is 5.54. The second kappa shape index (κ2) is 8.65. The zero-order valence-electron chi connectivity index (χ0n) is 19.5. The standard InChI is InChI=1S/C26H30N6O/c1-5-19-14-22-21(15-23(19)33-4)24-25(30-22)27-16-28-26(24)32-12-10-31(11-13-32)18(3)29-20-8-6-17(2)7-9-20/h6-9,14-16,29H,3,5,10-13H2,1-2,4H3,(H,27,28,30). The fraction of sp³-hybridized carbons (Fsp3) is 0.308. The number of nitrogens with zero attached hydrogens (tertiary/aromatic N) is 4. The molecule has 0 radical (unpaired) electrons. The Morgan fingerprint density at radius 2 is 1.88 bits per heavy atom. The van der Waals surface area contributed by atoms with E-state index >= 15 is 0 Å². The van der Waals surface area contributed by atoms with Crippen molar-refractivity contribution in [2.45, 2.75) is 20.3 Å². The number of benzene rings is 2. The summed E-state index contributed by atoms with van der Waals surface area (Å²) in [4.78, 5) is 17.3. The Hall–Kier alpha value is -3.74. The van der Waals surface area contributed by atoms with E-state index in [-0.39, 0.29) is 0 Å². The molecule has 0 atom stereocenters. The molecule has 0 aliphatic carbocycles. The van der Waals surface area contributed by atoms with Crippen LogP contribution in [0.25, 0.3) is 21.9 Å². The van der Waals surface area contributed by atoms with E-state index in [1.165, 1.54) is 11.1 Å². The van der Waals surface area contributed by atoms with Crippen molar-refractivity contribution >= 4 is 33.4 Å². The second-order valence-electron chi connectivity index (χ2n) is 8.52. The number of fused-ring (bicyclic) bond motifs is 3. The molecule has 2 aromatic carbocycles. The number of H-pyrrole nitrogens is 1. The number of ether oxygens (including phenoxy) is 1. The number of rotatable bonds is 6. The Morgan fingerprint density at radius 3 is 2.58 bits per heavy atom. The summed E-state index contributed by atoms with van der Waals surface area (Å²) < 4.78 is 5.65. The highest BCUT2D eigenvalue weighted by Crippen LogP contribution is 2.35. The normalized spacial score (nSPS) is 14.2. The summed E-state index contributed by atoms with van der Waals surface area (Å²) in [5.41, 5.74) is 5.41. The topological polar surface area (TPSA) is 69.3 Å². The second-order valence-corrected chi connectivity index (χ2v) is 8.52. The lowest BCUT2D eigenvalue weighted by molar-refractivity contribution is 0.325. The molecule has 33 heavy (non-hydrogen) atoms. The van der Waals surface area contributed by atoms with Gasteiger partial charge in [0.2, 0.25) is 0 Å². The third kappa shape index (κ3) is 3.95. The molecule has 2 N–H and O–H groups in total. The van der Waals surface area contributed by atoms with Gasteiger partial charge in [0, 0.05) is 42.8 Å². The zero-order valence-corrected chi connectivity index (χ0v) is 19.5. The minimum Gasteiger partial charge on any atom is -0.496 e.